The lowest BCUT2D eigenvalue weighted by atomic mass is 9.86. The van der Waals surface area contributed by atoms with Crippen LogP contribution in [0.3, 0.4) is 0 Å². The van der Waals surface area contributed by atoms with Crippen LogP contribution in [0.15, 0.2) is 10.5 Å². The van der Waals surface area contributed by atoms with Gasteiger partial charge in [0.15, 0.2) is 5.13 Å². The van der Waals surface area contributed by atoms with Crippen LogP contribution in [-0.4, -0.2) is 52.8 Å². The molecule has 9 heteroatoms. The molecule has 1 saturated carbocycles. The molecule has 0 saturated heterocycles. The lowest BCUT2D eigenvalue weighted by Crippen LogP contribution is -2.33. The minimum Gasteiger partial charge on any atom is -0.476 e. The van der Waals surface area contributed by atoms with E-state index in [0.717, 1.165) is 11.3 Å². The van der Waals surface area contributed by atoms with E-state index >= 15 is 0 Å². The van der Waals surface area contributed by atoms with Gasteiger partial charge >= 0.3 is 5.97 Å². The maximum Gasteiger partial charge on any atom is 0.360 e. The fourth-order valence-corrected chi connectivity index (χ4v) is 3.05. The van der Waals surface area contributed by atoms with Gasteiger partial charge in [-0.05, 0) is 25.7 Å². The van der Waals surface area contributed by atoms with Gasteiger partial charge in [0.2, 0.25) is 11.6 Å². The zero-order chi connectivity index (χ0) is 17.0. The highest BCUT2D eigenvalue weighted by Crippen LogP contribution is 2.27. The molecule has 23 heavy (non-hydrogen) atoms. The number of nitrogen functional groups attached to an aromatic ring is 1. The van der Waals surface area contributed by atoms with Crippen LogP contribution in [0.5, 0.6) is 0 Å². The monoisotopic (exact) mass is 340 g/mol. The predicted molar refractivity (Wildman–Crippen MR) is 86.2 cm³/mol. The number of carbonyl (C=O) groups excluding carboxylic acids is 1. The molecule has 126 valence electrons. The van der Waals surface area contributed by atoms with E-state index in [-0.39, 0.29) is 34.5 Å². The molecule has 1 aliphatic carbocycles. The summed E-state index contributed by atoms with van der Waals surface area (Å²) in [6.07, 6.45) is 2.57. The number of hydrogen-bond donors (Lipinski definition) is 2. The molecule has 1 heterocycles. The number of carboxylic acids is 1. The Morgan fingerprint density at radius 1 is 1.39 bits per heavy atom. The van der Waals surface area contributed by atoms with Gasteiger partial charge in [0, 0.05) is 25.4 Å². The Bertz CT molecular complexity index is 606. The fraction of sp³-hybridized carbons (Fsp3) is 0.571. The third-order valence-corrected chi connectivity index (χ3v) is 4.40. The number of anilines is 1. The van der Waals surface area contributed by atoms with E-state index in [1.807, 2.05) is 0 Å². The molecule has 1 aliphatic rings. The van der Waals surface area contributed by atoms with Crippen molar-refractivity contribution in [1.29, 1.82) is 0 Å². The first-order chi connectivity index (χ1) is 10.9. The van der Waals surface area contributed by atoms with Crippen LogP contribution < -0.4 is 5.73 Å². The first kappa shape index (κ1) is 17.2. The summed E-state index contributed by atoms with van der Waals surface area (Å²) in [5, 5.41) is 14.8. The van der Waals surface area contributed by atoms with E-state index in [2.05, 4.69) is 10.1 Å². The number of amides is 1. The van der Waals surface area contributed by atoms with Gasteiger partial charge in [-0.1, -0.05) is 5.16 Å². The predicted octanol–water partition coefficient (Wildman–Crippen LogP) is 1.18. The number of carbonyl (C=O) groups is 2. The average Bonchev–Trinajstić information content (AvgIpc) is 2.93. The zero-order valence-corrected chi connectivity index (χ0v) is 13.9. The summed E-state index contributed by atoms with van der Waals surface area (Å²) in [7, 11) is 3.49. The molecule has 1 aromatic rings. The minimum atomic E-state index is -1.22. The van der Waals surface area contributed by atoms with E-state index in [4.69, 9.17) is 10.6 Å². The number of aromatic nitrogens is 1. The standard InChI is InChI=1S/C14H20N4O4S/c1-18(2)12(19)8-3-5-9(6-4-8)22-17-11(13(20)21)10-7-23-14(15)16-10/h7-9H,3-6H2,1-2H3,(H2,15,16)(H,20,21). The molecule has 1 fully saturated rings. The Morgan fingerprint density at radius 2 is 2.04 bits per heavy atom. The molecule has 0 spiro atoms. The lowest BCUT2D eigenvalue weighted by molar-refractivity contribution is -0.135. The first-order valence-electron chi connectivity index (χ1n) is 7.28. The largest absolute Gasteiger partial charge is 0.476 e. The summed E-state index contributed by atoms with van der Waals surface area (Å²) in [5.74, 6) is -1.09. The number of nitrogens with two attached hydrogens (primary N) is 1. The van der Waals surface area contributed by atoms with Gasteiger partial charge in [-0.25, -0.2) is 9.78 Å². The van der Waals surface area contributed by atoms with Gasteiger partial charge in [0.05, 0.1) is 0 Å². The van der Waals surface area contributed by atoms with Gasteiger partial charge < -0.3 is 20.6 Å². The quantitative estimate of drug-likeness (QED) is 0.614. The number of oxime groups is 1. The molecule has 2 rings (SSSR count). The van der Waals surface area contributed by atoms with Crippen LogP contribution in [0.25, 0.3) is 0 Å². The minimum absolute atomic E-state index is 0.00566. The molecule has 0 atom stereocenters. The van der Waals surface area contributed by atoms with E-state index < -0.39 is 5.97 Å². The van der Waals surface area contributed by atoms with Crippen LogP contribution in [0.4, 0.5) is 5.13 Å². The Morgan fingerprint density at radius 3 is 2.52 bits per heavy atom. The summed E-state index contributed by atoms with van der Waals surface area (Å²) in [6, 6.07) is 0. The van der Waals surface area contributed by atoms with Crippen molar-refractivity contribution in [3.05, 3.63) is 11.1 Å². The Labute approximate surface area is 137 Å². The number of thiazole rings is 1. The summed E-state index contributed by atoms with van der Waals surface area (Å²) < 4.78 is 0. The van der Waals surface area contributed by atoms with Gasteiger partial charge in [-0.2, -0.15) is 0 Å². The Hall–Kier alpha value is -2.16. The zero-order valence-electron chi connectivity index (χ0n) is 13.1. The number of aliphatic carboxylic acids is 1. The van der Waals surface area contributed by atoms with Crippen molar-refractivity contribution in [2.75, 3.05) is 19.8 Å². The molecule has 0 bridgehead atoms. The maximum absolute atomic E-state index is 11.9. The number of nitrogens with zero attached hydrogens (tertiary/aromatic N) is 3. The molecule has 1 aromatic heterocycles. The summed E-state index contributed by atoms with van der Waals surface area (Å²) >= 11 is 1.14. The molecular formula is C14H20N4O4S. The number of hydrogen-bond acceptors (Lipinski definition) is 7. The van der Waals surface area contributed by atoms with Gasteiger partial charge in [-0.15, -0.1) is 11.3 Å². The van der Waals surface area contributed by atoms with Crippen molar-refractivity contribution >= 4 is 34.1 Å². The van der Waals surface area contributed by atoms with Crippen LogP contribution >= 0.6 is 11.3 Å². The highest BCUT2D eigenvalue weighted by molar-refractivity contribution is 7.13. The number of rotatable bonds is 5. The molecule has 0 unspecified atom stereocenters. The van der Waals surface area contributed by atoms with Crippen LogP contribution in [0, 0.1) is 5.92 Å². The van der Waals surface area contributed by atoms with Gasteiger partial charge in [0.1, 0.15) is 11.8 Å². The van der Waals surface area contributed by atoms with Crippen molar-refractivity contribution in [3.63, 3.8) is 0 Å². The van der Waals surface area contributed by atoms with Crippen LogP contribution in [0.1, 0.15) is 31.4 Å². The molecule has 8 nitrogen and oxygen atoms in total. The first-order valence-corrected chi connectivity index (χ1v) is 8.16. The highest BCUT2D eigenvalue weighted by atomic mass is 32.1. The van der Waals surface area contributed by atoms with Gasteiger partial charge in [-0.3, -0.25) is 4.79 Å². The van der Waals surface area contributed by atoms with E-state index in [9.17, 15) is 14.7 Å². The lowest BCUT2D eigenvalue weighted by Gasteiger charge is -2.28. The summed E-state index contributed by atoms with van der Waals surface area (Å²) in [4.78, 5) is 34.0. The molecule has 3 N–H and O–H groups in total. The molecule has 0 aromatic carbocycles. The second-order valence-corrected chi connectivity index (χ2v) is 6.52. The Kier molecular flexibility index (Phi) is 5.54. The topological polar surface area (TPSA) is 118 Å². The van der Waals surface area contributed by atoms with E-state index in [0.29, 0.717) is 25.7 Å². The van der Waals surface area contributed by atoms with Gasteiger partial charge in [0.25, 0.3) is 0 Å². The maximum atomic E-state index is 11.9. The molecule has 1 amide bonds. The van der Waals surface area contributed by atoms with Crippen LogP contribution in [-0.2, 0) is 14.4 Å². The summed E-state index contributed by atoms with van der Waals surface area (Å²) in [6.45, 7) is 0. The summed E-state index contributed by atoms with van der Waals surface area (Å²) in [5.41, 5.74) is 5.44. The molecule has 0 aliphatic heterocycles. The number of carboxylic acid groups (broad SMARTS) is 1. The highest BCUT2D eigenvalue weighted by Gasteiger charge is 2.28. The second-order valence-electron chi connectivity index (χ2n) is 5.63. The van der Waals surface area contributed by atoms with Crippen molar-refractivity contribution in [2.24, 2.45) is 11.1 Å². The third-order valence-electron chi connectivity index (χ3n) is 3.72. The smallest absolute Gasteiger partial charge is 0.360 e. The Balaban J connectivity index is 1.94. The third kappa shape index (κ3) is 4.41. The molecule has 0 radical (unpaired) electrons. The normalized spacial score (nSPS) is 21.7. The fourth-order valence-electron chi connectivity index (χ4n) is 2.50. The van der Waals surface area contributed by atoms with Crippen molar-refractivity contribution in [2.45, 2.75) is 31.8 Å². The van der Waals surface area contributed by atoms with Crippen LogP contribution in [0.2, 0.25) is 0 Å². The second kappa shape index (κ2) is 7.40. The van der Waals surface area contributed by atoms with E-state index in [1.165, 1.54) is 5.38 Å². The SMILES string of the molecule is CN(C)C(=O)C1CCC(ON=C(C(=O)O)c2csc(N)n2)CC1. The van der Waals surface area contributed by atoms with Crippen molar-refractivity contribution in [3.8, 4) is 0 Å². The average molecular weight is 340 g/mol. The molecular weight excluding hydrogens is 320 g/mol. The van der Waals surface area contributed by atoms with Crippen molar-refractivity contribution < 1.29 is 19.5 Å². The van der Waals surface area contributed by atoms with E-state index in [1.54, 1.807) is 19.0 Å². The van der Waals surface area contributed by atoms with Crippen molar-refractivity contribution in [1.82, 2.24) is 9.88 Å².